The first-order valence-corrected chi connectivity index (χ1v) is 4.26. The van der Waals surface area contributed by atoms with Gasteiger partial charge in [0.25, 0.3) is 5.91 Å². The number of hydrogen-bond donors (Lipinski definition) is 3. The van der Waals surface area contributed by atoms with Crippen molar-refractivity contribution in [2.75, 3.05) is 13.1 Å². The lowest BCUT2D eigenvalue weighted by molar-refractivity contribution is 0.0948. The summed E-state index contributed by atoms with van der Waals surface area (Å²) in [4.78, 5) is 15.2. The maximum atomic E-state index is 11.3. The molecule has 1 aromatic heterocycles. The Morgan fingerprint density at radius 3 is 3.00 bits per heavy atom. The summed E-state index contributed by atoms with van der Waals surface area (Å²) >= 11 is 0. The summed E-state index contributed by atoms with van der Waals surface area (Å²) in [6.45, 7) is 2.64. The second-order valence-electron chi connectivity index (χ2n) is 2.66. The molecule has 6 heteroatoms. The molecule has 76 valence electrons. The van der Waals surface area contributed by atoms with Crippen molar-refractivity contribution < 1.29 is 4.79 Å². The SMILES string of the molecule is Cc1nc(C(=O)NC/C=C/CN)n[nH]1. The molecule has 0 aliphatic heterocycles. The summed E-state index contributed by atoms with van der Waals surface area (Å²) in [5, 5.41) is 8.93. The van der Waals surface area contributed by atoms with Crippen LogP contribution in [-0.4, -0.2) is 34.2 Å². The summed E-state index contributed by atoms with van der Waals surface area (Å²) < 4.78 is 0. The van der Waals surface area contributed by atoms with Gasteiger partial charge in [0.1, 0.15) is 5.82 Å². The fourth-order valence-electron chi connectivity index (χ4n) is 0.854. The number of aromatic amines is 1. The third kappa shape index (κ3) is 2.98. The van der Waals surface area contributed by atoms with E-state index in [9.17, 15) is 4.79 Å². The van der Waals surface area contributed by atoms with Crippen LogP contribution in [0.3, 0.4) is 0 Å². The summed E-state index contributed by atoms with van der Waals surface area (Å²) in [7, 11) is 0. The van der Waals surface area contributed by atoms with Gasteiger partial charge >= 0.3 is 0 Å². The molecule has 0 radical (unpaired) electrons. The van der Waals surface area contributed by atoms with Gasteiger partial charge in [-0.2, -0.15) is 0 Å². The van der Waals surface area contributed by atoms with Gasteiger partial charge in [-0.15, -0.1) is 5.10 Å². The lowest BCUT2D eigenvalue weighted by Crippen LogP contribution is -2.24. The molecule has 1 amide bonds. The molecule has 0 unspecified atom stereocenters. The van der Waals surface area contributed by atoms with E-state index in [-0.39, 0.29) is 11.7 Å². The van der Waals surface area contributed by atoms with Gasteiger partial charge in [-0.3, -0.25) is 9.89 Å². The number of nitrogens with zero attached hydrogens (tertiary/aromatic N) is 2. The Balaban J connectivity index is 2.39. The topological polar surface area (TPSA) is 96.7 Å². The molecule has 0 aliphatic rings. The van der Waals surface area contributed by atoms with Gasteiger partial charge in [0, 0.05) is 13.1 Å². The lowest BCUT2D eigenvalue weighted by atomic mass is 10.4. The van der Waals surface area contributed by atoms with E-state index in [0.717, 1.165) is 0 Å². The first kappa shape index (κ1) is 10.4. The third-order valence-corrected chi connectivity index (χ3v) is 1.48. The number of rotatable bonds is 4. The minimum absolute atomic E-state index is 0.156. The fraction of sp³-hybridized carbons (Fsp3) is 0.375. The number of aryl methyl sites for hydroxylation is 1. The number of amides is 1. The van der Waals surface area contributed by atoms with Crippen LogP contribution in [0.15, 0.2) is 12.2 Å². The molecule has 4 N–H and O–H groups in total. The van der Waals surface area contributed by atoms with Crippen LogP contribution in [0.25, 0.3) is 0 Å². The summed E-state index contributed by atoms with van der Waals surface area (Å²) in [5.41, 5.74) is 5.23. The van der Waals surface area contributed by atoms with Gasteiger partial charge in [0.05, 0.1) is 0 Å². The highest BCUT2D eigenvalue weighted by Gasteiger charge is 2.08. The maximum Gasteiger partial charge on any atom is 0.291 e. The van der Waals surface area contributed by atoms with E-state index in [1.165, 1.54) is 0 Å². The summed E-state index contributed by atoms with van der Waals surface area (Å²) in [6, 6.07) is 0. The van der Waals surface area contributed by atoms with Crippen LogP contribution in [0.4, 0.5) is 0 Å². The molecule has 0 aromatic carbocycles. The van der Waals surface area contributed by atoms with E-state index in [0.29, 0.717) is 18.9 Å². The van der Waals surface area contributed by atoms with E-state index >= 15 is 0 Å². The Morgan fingerprint density at radius 2 is 2.43 bits per heavy atom. The maximum absolute atomic E-state index is 11.3. The smallest absolute Gasteiger partial charge is 0.291 e. The van der Waals surface area contributed by atoms with Crippen molar-refractivity contribution in [2.24, 2.45) is 5.73 Å². The van der Waals surface area contributed by atoms with Crippen molar-refractivity contribution >= 4 is 5.91 Å². The number of carbonyl (C=O) groups excluding carboxylic acids is 1. The minimum atomic E-state index is -0.295. The molecule has 0 spiro atoms. The Labute approximate surface area is 81.6 Å². The molecular formula is C8H13N5O. The van der Waals surface area contributed by atoms with E-state index in [4.69, 9.17) is 5.73 Å². The van der Waals surface area contributed by atoms with Crippen LogP contribution in [-0.2, 0) is 0 Å². The van der Waals surface area contributed by atoms with E-state index in [1.807, 2.05) is 0 Å². The van der Waals surface area contributed by atoms with Crippen LogP contribution >= 0.6 is 0 Å². The molecule has 0 aliphatic carbocycles. The highest BCUT2D eigenvalue weighted by Crippen LogP contribution is 1.89. The Bertz CT molecular complexity index is 330. The molecule has 0 saturated carbocycles. The quantitative estimate of drug-likeness (QED) is 0.556. The number of aromatic nitrogens is 3. The molecular weight excluding hydrogens is 182 g/mol. The summed E-state index contributed by atoms with van der Waals surface area (Å²) in [5.74, 6) is 0.479. The average molecular weight is 195 g/mol. The van der Waals surface area contributed by atoms with Gasteiger partial charge in [-0.05, 0) is 6.92 Å². The molecule has 6 nitrogen and oxygen atoms in total. The zero-order chi connectivity index (χ0) is 10.4. The predicted octanol–water partition coefficient (Wildman–Crippen LogP) is -0.642. The third-order valence-electron chi connectivity index (χ3n) is 1.48. The molecule has 14 heavy (non-hydrogen) atoms. The molecule has 0 saturated heterocycles. The van der Waals surface area contributed by atoms with Crippen molar-refractivity contribution in [3.05, 3.63) is 23.8 Å². The number of nitrogens with two attached hydrogens (primary N) is 1. The number of carbonyl (C=O) groups is 1. The number of hydrogen-bond acceptors (Lipinski definition) is 4. The number of H-pyrrole nitrogens is 1. The van der Waals surface area contributed by atoms with Crippen molar-refractivity contribution in [2.45, 2.75) is 6.92 Å². The monoisotopic (exact) mass is 195 g/mol. The molecule has 1 rings (SSSR count). The van der Waals surface area contributed by atoms with Crippen LogP contribution in [0, 0.1) is 6.92 Å². The zero-order valence-electron chi connectivity index (χ0n) is 7.95. The largest absolute Gasteiger partial charge is 0.346 e. The van der Waals surface area contributed by atoms with E-state index < -0.39 is 0 Å². The zero-order valence-corrected chi connectivity index (χ0v) is 7.95. The first-order chi connectivity index (χ1) is 6.74. The predicted molar refractivity (Wildman–Crippen MR) is 51.6 cm³/mol. The van der Waals surface area contributed by atoms with Crippen molar-refractivity contribution in [1.29, 1.82) is 0 Å². The van der Waals surface area contributed by atoms with Crippen LogP contribution in [0.1, 0.15) is 16.4 Å². The van der Waals surface area contributed by atoms with Crippen LogP contribution in [0.5, 0.6) is 0 Å². The molecule has 1 aromatic rings. The molecule has 1 heterocycles. The fourth-order valence-corrected chi connectivity index (χ4v) is 0.854. The van der Waals surface area contributed by atoms with Crippen molar-refractivity contribution in [3.8, 4) is 0 Å². The highest BCUT2D eigenvalue weighted by molar-refractivity contribution is 5.90. The van der Waals surface area contributed by atoms with Crippen molar-refractivity contribution in [3.63, 3.8) is 0 Å². The Hall–Kier alpha value is -1.69. The number of nitrogens with one attached hydrogen (secondary N) is 2. The second kappa shape index (κ2) is 5.13. The normalized spacial score (nSPS) is 10.7. The van der Waals surface area contributed by atoms with E-state index in [2.05, 4.69) is 20.5 Å². The van der Waals surface area contributed by atoms with Crippen LogP contribution < -0.4 is 11.1 Å². The highest BCUT2D eigenvalue weighted by atomic mass is 16.2. The minimum Gasteiger partial charge on any atom is -0.346 e. The van der Waals surface area contributed by atoms with Crippen LogP contribution in [0.2, 0.25) is 0 Å². The summed E-state index contributed by atoms with van der Waals surface area (Å²) in [6.07, 6.45) is 3.54. The van der Waals surface area contributed by atoms with Gasteiger partial charge in [-0.25, -0.2) is 4.98 Å². The lowest BCUT2D eigenvalue weighted by Gasteiger charge is -1.96. The first-order valence-electron chi connectivity index (χ1n) is 4.26. The Morgan fingerprint density at radius 1 is 1.64 bits per heavy atom. The molecule has 0 atom stereocenters. The molecule has 0 fully saturated rings. The average Bonchev–Trinajstić information content (AvgIpc) is 2.59. The van der Waals surface area contributed by atoms with Crippen molar-refractivity contribution in [1.82, 2.24) is 20.5 Å². The van der Waals surface area contributed by atoms with Gasteiger partial charge in [-0.1, -0.05) is 12.2 Å². The standard InChI is InChI=1S/C8H13N5O/c1-6-11-7(13-12-6)8(14)10-5-3-2-4-9/h2-3H,4-5,9H2,1H3,(H,10,14)(H,11,12,13)/b3-2+. The second-order valence-corrected chi connectivity index (χ2v) is 2.66. The van der Waals surface area contributed by atoms with E-state index in [1.54, 1.807) is 19.1 Å². The van der Waals surface area contributed by atoms with Gasteiger partial charge < -0.3 is 11.1 Å². The van der Waals surface area contributed by atoms with Gasteiger partial charge in [0.2, 0.25) is 5.82 Å². The molecule has 0 bridgehead atoms. The van der Waals surface area contributed by atoms with Gasteiger partial charge in [0.15, 0.2) is 0 Å². The Kier molecular flexibility index (Phi) is 3.81.